The summed E-state index contributed by atoms with van der Waals surface area (Å²) < 4.78 is 0. The van der Waals surface area contributed by atoms with E-state index in [-0.39, 0.29) is 24.1 Å². The molecule has 0 bridgehead atoms. The van der Waals surface area contributed by atoms with Crippen molar-refractivity contribution in [3.63, 3.8) is 0 Å². The number of aliphatic hydroxyl groups is 1. The number of primary amides is 1. The predicted molar refractivity (Wildman–Crippen MR) is 40.8 cm³/mol. The van der Waals surface area contributed by atoms with E-state index in [1.54, 1.807) is 0 Å². The minimum absolute atomic E-state index is 0.0266. The molecule has 0 aromatic heterocycles. The first kappa shape index (κ1) is 8.49. The van der Waals surface area contributed by atoms with Crippen molar-refractivity contribution >= 4 is 5.91 Å². The molecule has 1 aliphatic heterocycles. The molecule has 4 N–H and O–H groups in total. The van der Waals surface area contributed by atoms with Gasteiger partial charge in [-0.3, -0.25) is 4.79 Å². The molecule has 1 aliphatic rings. The number of carbonyl (C=O) groups is 1. The van der Waals surface area contributed by atoms with E-state index in [0.717, 1.165) is 0 Å². The number of nitrogens with two attached hydrogens (primary N) is 1. The lowest BCUT2D eigenvalue weighted by atomic mass is 9.97. The molecular weight excluding hydrogens is 144 g/mol. The number of piperidine rings is 1. The Bertz CT molecular complexity index is 161. The van der Waals surface area contributed by atoms with Crippen LogP contribution >= 0.6 is 0 Å². The van der Waals surface area contributed by atoms with Gasteiger partial charge in [-0.25, -0.2) is 0 Å². The van der Waals surface area contributed by atoms with Gasteiger partial charge in [0.1, 0.15) is 0 Å². The number of aliphatic hydroxyl groups excluding tert-OH is 1. The molecule has 0 aromatic rings. The van der Waals surface area contributed by atoms with Crippen molar-refractivity contribution in [1.82, 2.24) is 5.32 Å². The number of nitrogens with one attached hydrogen (secondary N) is 1. The lowest BCUT2D eigenvalue weighted by Crippen LogP contribution is -2.53. The summed E-state index contributed by atoms with van der Waals surface area (Å²) in [4.78, 5) is 10.7. The van der Waals surface area contributed by atoms with Crippen LogP contribution in [0.5, 0.6) is 0 Å². The smallest absolute Gasteiger partial charge is 0.234 e. The maximum Gasteiger partial charge on any atom is 0.234 e. The molecule has 3 unspecified atom stereocenters. The first-order valence-electron chi connectivity index (χ1n) is 3.84. The zero-order valence-electron chi connectivity index (χ0n) is 6.58. The Morgan fingerprint density at radius 3 is 2.73 bits per heavy atom. The topological polar surface area (TPSA) is 75.3 Å². The van der Waals surface area contributed by atoms with E-state index in [4.69, 9.17) is 5.73 Å². The van der Waals surface area contributed by atoms with E-state index >= 15 is 0 Å². The van der Waals surface area contributed by atoms with Crippen LogP contribution in [0.4, 0.5) is 0 Å². The molecule has 0 aromatic carbocycles. The molecule has 3 atom stereocenters. The normalized spacial score (nSPS) is 38.5. The fraction of sp³-hybridized carbons (Fsp3) is 0.857. The molecule has 1 amide bonds. The van der Waals surface area contributed by atoms with Gasteiger partial charge in [-0.05, 0) is 19.8 Å². The standard InChI is InChI=1S/C7H14N2O2/c1-4-6(10)3-2-5(9-4)7(8)11/h4-6,9-10H,2-3H2,1H3,(H2,8,11). The van der Waals surface area contributed by atoms with E-state index in [2.05, 4.69) is 5.32 Å². The van der Waals surface area contributed by atoms with Gasteiger partial charge in [-0.1, -0.05) is 0 Å². The number of carbonyl (C=O) groups excluding carboxylic acids is 1. The molecule has 4 heteroatoms. The minimum Gasteiger partial charge on any atom is -0.392 e. The van der Waals surface area contributed by atoms with E-state index in [1.165, 1.54) is 0 Å². The van der Waals surface area contributed by atoms with E-state index < -0.39 is 0 Å². The highest BCUT2D eigenvalue weighted by Gasteiger charge is 2.27. The highest BCUT2D eigenvalue weighted by atomic mass is 16.3. The summed E-state index contributed by atoms with van der Waals surface area (Å²) in [7, 11) is 0. The predicted octanol–water partition coefficient (Wildman–Crippen LogP) is -1.03. The molecule has 0 spiro atoms. The number of amides is 1. The first-order valence-corrected chi connectivity index (χ1v) is 3.84. The summed E-state index contributed by atoms with van der Waals surface area (Å²) in [5.41, 5.74) is 5.09. The SMILES string of the molecule is CC1NC(C(N)=O)CCC1O. The van der Waals surface area contributed by atoms with Crippen LogP contribution in [0.25, 0.3) is 0 Å². The van der Waals surface area contributed by atoms with Gasteiger partial charge >= 0.3 is 0 Å². The fourth-order valence-corrected chi connectivity index (χ4v) is 1.32. The number of rotatable bonds is 1. The molecule has 11 heavy (non-hydrogen) atoms. The molecule has 1 saturated heterocycles. The molecule has 0 aliphatic carbocycles. The van der Waals surface area contributed by atoms with Crippen molar-refractivity contribution in [3.05, 3.63) is 0 Å². The quantitative estimate of drug-likeness (QED) is 0.457. The molecule has 1 rings (SSSR count). The van der Waals surface area contributed by atoms with Gasteiger partial charge in [0.15, 0.2) is 0 Å². The Labute approximate surface area is 65.8 Å². The van der Waals surface area contributed by atoms with Crippen LogP contribution in [0, 0.1) is 0 Å². The summed E-state index contributed by atoms with van der Waals surface area (Å²) >= 11 is 0. The van der Waals surface area contributed by atoms with Crippen molar-refractivity contribution < 1.29 is 9.90 Å². The molecule has 0 radical (unpaired) electrons. The van der Waals surface area contributed by atoms with Gasteiger partial charge in [0, 0.05) is 6.04 Å². The average molecular weight is 158 g/mol. The van der Waals surface area contributed by atoms with Gasteiger partial charge in [0.25, 0.3) is 0 Å². The minimum atomic E-state index is -0.342. The van der Waals surface area contributed by atoms with Crippen molar-refractivity contribution in [3.8, 4) is 0 Å². The lowest BCUT2D eigenvalue weighted by Gasteiger charge is -2.30. The molecular formula is C7H14N2O2. The number of hydrogen-bond donors (Lipinski definition) is 3. The third-order valence-electron chi connectivity index (χ3n) is 2.14. The van der Waals surface area contributed by atoms with Crippen molar-refractivity contribution in [1.29, 1.82) is 0 Å². The van der Waals surface area contributed by atoms with Crippen molar-refractivity contribution in [2.24, 2.45) is 5.73 Å². The van der Waals surface area contributed by atoms with Crippen LogP contribution < -0.4 is 11.1 Å². The maximum absolute atomic E-state index is 10.7. The average Bonchev–Trinajstić information content (AvgIpc) is 1.94. The van der Waals surface area contributed by atoms with E-state index in [0.29, 0.717) is 12.8 Å². The molecule has 0 saturated carbocycles. The Kier molecular flexibility index (Phi) is 2.46. The van der Waals surface area contributed by atoms with Crippen LogP contribution in [0.1, 0.15) is 19.8 Å². The molecule has 1 fully saturated rings. The van der Waals surface area contributed by atoms with Crippen LogP contribution in [-0.2, 0) is 4.79 Å². The number of hydrogen-bond acceptors (Lipinski definition) is 3. The molecule has 4 nitrogen and oxygen atoms in total. The second-order valence-corrected chi connectivity index (χ2v) is 3.05. The molecule has 64 valence electrons. The summed E-state index contributed by atoms with van der Waals surface area (Å²) in [6.45, 7) is 1.85. The zero-order chi connectivity index (χ0) is 8.43. The van der Waals surface area contributed by atoms with E-state index in [9.17, 15) is 9.90 Å². The second kappa shape index (κ2) is 3.19. The van der Waals surface area contributed by atoms with Gasteiger partial charge in [0.05, 0.1) is 12.1 Å². The Balaban J connectivity index is 2.46. The summed E-state index contributed by atoms with van der Waals surface area (Å²) in [6, 6.07) is -0.283. The Morgan fingerprint density at radius 2 is 2.27 bits per heavy atom. The van der Waals surface area contributed by atoms with Crippen LogP contribution in [-0.4, -0.2) is 29.2 Å². The van der Waals surface area contributed by atoms with Gasteiger partial charge in [0.2, 0.25) is 5.91 Å². The van der Waals surface area contributed by atoms with Gasteiger partial charge < -0.3 is 16.2 Å². The van der Waals surface area contributed by atoms with Gasteiger partial charge in [-0.2, -0.15) is 0 Å². The summed E-state index contributed by atoms with van der Waals surface area (Å²) in [6.07, 6.45) is 0.952. The van der Waals surface area contributed by atoms with Gasteiger partial charge in [-0.15, -0.1) is 0 Å². The first-order chi connectivity index (χ1) is 5.11. The summed E-state index contributed by atoms with van der Waals surface area (Å²) in [5.74, 6) is -0.330. The van der Waals surface area contributed by atoms with Crippen LogP contribution in [0.15, 0.2) is 0 Å². The Morgan fingerprint density at radius 1 is 1.64 bits per heavy atom. The second-order valence-electron chi connectivity index (χ2n) is 3.05. The fourth-order valence-electron chi connectivity index (χ4n) is 1.32. The lowest BCUT2D eigenvalue weighted by molar-refractivity contribution is -0.121. The van der Waals surface area contributed by atoms with Crippen molar-refractivity contribution in [2.75, 3.05) is 0 Å². The highest BCUT2D eigenvalue weighted by Crippen LogP contribution is 2.12. The Hall–Kier alpha value is -0.610. The van der Waals surface area contributed by atoms with Crippen LogP contribution in [0.3, 0.4) is 0 Å². The molecule has 1 heterocycles. The maximum atomic E-state index is 10.7. The highest BCUT2D eigenvalue weighted by molar-refractivity contribution is 5.79. The third kappa shape index (κ3) is 1.91. The zero-order valence-corrected chi connectivity index (χ0v) is 6.58. The largest absolute Gasteiger partial charge is 0.392 e. The van der Waals surface area contributed by atoms with E-state index in [1.807, 2.05) is 6.92 Å². The third-order valence-corrected chi connectivity index (χ3v) is 2.14. The van der Waals surface area contributed by atoms with Crippen molar-refractivity contribution in [2.45, 2.75) is 38.0 Å². The monoisotopic (exact) mass is 158 g/mol. The van der Waals surface area contributed by atoms with Crippen LogP contribution in [0.2, 0.25) is 0 Å². The summed E-state index contributed by atoms with van der Waals surface area (Å²) in [5, 5.41) is 12.2.